The molecule has 0 saturated carbocycles. The standard InChI is InChI=1S/C16H20N4OS.ClH/c1-11(22-12-5-3-2-4-6-12)9-18-16(21)15-13-10-17-8-7-14(13)19-20-15;/h2-6,11,17H,7-10H2,1H3,(H,18,21)(H,19,20);1H. The highest BCUT2D eigenvalue weighted by Crippen LogP contribution is 2.22. The fraction of sp³-hybridized carbons (Fsp3) is 0.375. The van der Waals surface area contributed by atoms with Crippen LogP contribution >= 0.6 is 24.2 Å². The zero-order valence-corrected chi connectivity index (χ0v) is 14.6. The second-order valence-corrected chi connectivity index (χ2v) is 6.92. The Bertz CT molecular complexity index is 647. The van der Waals surface area contributed by atoms with Crippen molar-refractivity contribution in [1.29, 1.82) is 0 Å². The number of hydrogen-bond acceptors (Lipinski definition) is 4. The van der Waals surface area contributed by atoms with Gasteiger partial charge in [-0.2, -0.15) is 5.10 Å². The van der Waals surface area contributed by atoms with Crippen LogP contribution in [0.5, 0.6) is 0 Å². The molecule has 0 spiro atoms. The van der Waals surface area contributed by atoms with Crippen molar-refractivity contribution in [2.75, 3.05) is 13.1 Å². The van der Waals surface area contributed by atoms with Crippen molar-refractivity contribution in [3.05, 3.63) is 47.3 Å². The summed E-state index contributed by atoms with van der Waals surface area (Å²) in [5.74, 6) is -0.0956. The Labute approximate surface area is 146 Å². The Morgan fingerprint density at radius 3 is 2.96 bits per heavy atom. The largest absolute Gasteiger partial charge is 0.350 e. The first-order valence-corrected chi connectivity index (χ1v) is 8.38. The predicted octanol–water partition coefficient (Wildman–Crippen LogP) is 2.39. The van der Waals surface area contributed by atoms with Gasteiger partial charge >= 0.3 is 0 Å². The van der Waals surface area contributed by atoms with E-state index >= 15 is 0 Å². The molecule has 0 aliphatic carbocycles. The molecule has 5 nitrogen and oxygen atoms in total. The number of amides is 1. The molecule has 1 aromatic heterocycles. The normalized spacial score (nSPS) is 14.5. The number of halogens is 1. The number of benzene rings is 1. The molecule has 2 heterocycles. The first-order valence-electron chi connectivity index (χ1n) is 7.51. The Morgan fingerprint density at radius 2 is 2.17 bits per heavy atom. The molecule has 1 aromatic carbocycles. The van der Waals surface area contributed by atoms with Crippen LogP contribution in [0.25, 0.3) is 0 Å². The molecule has 1 atom stereocenters. The van der Waals surface area contributed by atoms with Gasteiger partial charge in [0, 0.05) is 47.5 Å². The van der Waals surface area contributed by atoms with Gasteiger partial charge in [-0.05, 0) is 12.1 Å². The summed E-state index contributed by atoms with van der Waals surface area (Å²) in [5, 5.41) is 13.7. The Hall–Kier alpha value is -1.50. The highest BCUT2D eigenvalue weighted by atomic mass is 35.5. The molecule has 23 heavy (non-hydrogen) atoms. The molecule has 0 fully saturated rings. The molecular weight excluding hydrogens is 332 g/mol. The summed E-state index contributed by atoms with van der Waals surface area (Å²) in [6.07, 6.45) is 0.899. The lowest BCUT2D eigenvalue weighted by Crippen LogP contribution is -2.31. The first kappa shape index (κ1) is 17.8. The molecule has 7 heteroatoms. The number of fused-ring (bicyclic) bond motifs is 1. The van der Waals surface area contributed by atoms with Crippen molar-refractivity contribution in [2.24, 2.45) is 0 Å². The van der Waals surface area contributed by atoms with Crippen LogP contribution in [0.3, 0.4) is 0 Å². The van der Waals surface area contributed by atoms with Crippen molar-refractivity contribution < 1.29 is 4.79 Å². The van der Waals surface area contributed by atoms with E-state index in [-0.39, 0.29) is 18.3 Å². The number of carbonyl (C=O) groups excluding carboxylic acids is 1. The summed E-state index contributed by atoms with van der Waals surface area (Å²) in [4.78, 5) is 13.5. The molecule has 124 valence electrons. The third kappa shape index (κ3) is 4.50. The minimum Gasteiger partial charge on any atom is -0.350 e. The first-order chi connectivity index (χ1) is 10.7. The van der Waals surface area contributed by atoms with E-state index in [0.29, 0.717) is 24.0 Å². The van der Waals surface area contributed by atoms with Crippen LogP contribution in [0.15, 0.2) is 35.2 Å². The van der Waals surface area contributed by atoms with Crippen molar-refractivity contribution >= 4 is 30.1 Å². The van der Waals surface area contributed by atoms with Gasteiger partial charge in [0.05, 0.1) is 0 Å². The summed E-state index contributed by atoms with van der Waals surface area (Å²) in [5.41, 5.74) is 2.61. The van der Waals surface area contributed by atoms with Crippen molar-refractivity contribution in [3.8, 4) is 0 Å². The third-order valence-corrected chi connectivity index (χ3v) is 4.77. The number of nitrogens with one attached hydrogen (secondary N) is 3. The van der Waals surface area contributed by atoms with E-state index in [1.54, 1.807) is 11.8 Å². The van der Waals surface area contributed by atoms with Crippen molar-refractivity contribution in [1.82, 2.24) is 20.8 Å². The number of hydrogen-bond donors (Lipinski definition) is 3. The SMILES string of the molecule is CC(CNC(=O)c1n[nH]c2c1CNCC2)Sc1ccccc1.Cl. The number of rotatable bonds is 5. The quantitative estimate of drug-likeness (QED) is 0.723. The second-order valence-electron chi connectivity index (χ2n) is 5.41. The van der Waals surface area contributed by atoms with Crippen LogP contribution in [0.4, 0.5) is 0 Å². The zero-order valence-electron chi connectivity index (χ0n) is 13.0. The fourth-order valence-electron chi connectivity index (χ4n) is 2.51. The molecule has 1 aliphatic rings. The molecule has 3 rings (SSSR count). The van der Waals surface area contributed by atoms with Gasteiger partial charge in [-0.1, -0.05) is 25.1 Å². The van der Waals surface area contributed by atoms with Gasteiger partial charge < -0.3 is 10.6 Å². The smallest absolute Gasteiger partial charge is 0.272 e. The fourth-order valence-corrected chi connectivity index (χ4v) is 3.45. The number of carbonyl (C=O) groups is 1. The molecule has 0 saturated heterocycles. The molecule has 1 unspecified atom stereocenters. The maximum Gasteiger partial charge on any atom is 0.272 e. The van der Waals surface area contributed by atoms with Crippen molar-refractivity contribution in [2.45, 2.75) is 30.0 Å². The van der Waals surface area contributed by atoms with Gasteiger partial charge in [-0.3, -0.25) is 9.89 Å². The summed E-state index contributed by atoms with van der Waals surface area (Å²) in [6, 6.07) is 10.2. The highest BCUT2D eigenvalue weighted by Gasteiger charge is 2.21. The van der Waals surface area contributed by atoms with E-state index in [1.807, 2.05) is 18.2 Å². The molecule has 1 amide bonds. The van der Waals surface area contributed by atoms with Gasteiger partial charge in [-0.15, -0.1) is 24.2 Å². The van der Waals surface area contributed by atoms with Gasteiger partial charge in [0.2, 0.25) is 0 Å². The number of nitrogens with zero attached hydrogens (tertiary/aromatic N) is 1. The maximum atomic E-state index is 12.3. The van der Waals surface area contributed by atoms with E-state index < -0.39 is 0 Å². The number of aromatic amines is 1. The topological polar surface area (TPSA) is 69.8 Å². The van der Waals surface area contributed by atoms with E-state index in [1.165, 1.54) is 4.90 Å². The molecule has 0 bridgehead atoms. The Balaban J connectivity index is 0.00000192. The van der Waals surface area contributed by atoms with Crippen LogP contribution in [0.2, 0.25) is 0 Å². The minimum absolute atomic E-state index is 0. The van der Waals surface area contributed by atoms with Gasteiger partial charge in [0.1, 0.15) is 0 Å². The molecule has 1 aliphatic heterocycles. The van der Waals surface area contributed by atoms with E-state index in [9.17, 15) is 4.79 Å². The summed E-state index contributed by atoms with van der Waals surface area (Å²) < 4.78 is 0. The molecule has 2 aromatic rings. The average Bonchev–Trinajstić information content (AvgIpc) is 2.98. The van der Waals surface area contributed by atoms with Crippen LogP contribution in [-0.4, -0.2) is 34.4 Å². The molecule has 0 radical (unpaired) electrons. The molecule has 3 N–H and O–H groups in total. The number of H-pyrrole nitrogens is 1. The lowest BCUT2D eigenvalue weighted by Gasteiger charge is -2.14. The monoisotopic (exact) mass is 352 g/mol. The Morgan fingerprint density at radius 1 is 1.39 bits per heavy atom. The van der Waals surface area contributed by atoms with E-state index in [0.717, 1.165) is 24.2 Å². The van der Waals surface area contributed by atoms with Crippen LogP contribution < -0.4 is 10.6 Å². The van der Waals surface area contributed by atoms with Gasteiger partial charge in [0.25, 0.3) is 5.91 Å². The van der Waals surface area contributed by atoms with Crippen LogP contribution in [-0.2, 0) is 13.0 Å². The highest BCUT2D eigenvalue weighted by molar-refractivity contribution is 8.00. The Kier molecular flexibility index (Phi) is 6.50. The minimum atomic E-state index is -0.0956. The summed E-state index contributed by atoms with van der Waals surface area (Å²) in [6.45, 7) is 4.37. The van der Waals surface area contributed by atoms with Gasteiger partial charge in [0.15, 0.2) is 5.69 Å². The maximum absolute atomic E-state index is 12.3. The second kappa shape index (κ2) is 8.38. The number of thioether (sulfide) groups is 1. The summed E-state index contributed by atoms with van der Waals surface area (Å²) >= 11 is 1.76. The predicted molar refractivity (Wildman–Crippen MR) is 95.3 cm³/mol. The van der Waals surface area contributed by atoms with Crippen LogP contribution in [0.1, 0.15) is 28.7 Å². The van der Waals surface area contributed by atoms with Gasteiger partial charge in [-0.25, -0.2) is 0 Å². The number of aromatic nitrogens is 2. The average molecular weight is 353 g/mol. The lowest BCUT2D eigenvalue weighted by molar-refractivity contribution is 0.0948. The van der Waals surface area contributed by atoms with E-state index in [4.69, 9.17) is 0 Å². The third-order valence-electron chi connectivity index (χ3n) is 3.65. The van der Waals surface area contributed by atoms with Crippen LogP contribution in [0, 0.1) is 0 Å². The lowest BCUT2D eigenvalue weighted by atomic mass is 10.1. The van der Waals surface area contributed by atoms with E-state index in [2.05, 4.69) is 39.9 Å². The van der Waals surface area contributed by atoms with Crippen molar-refractivity contribution in [3.63, 3.8) is 0 Å². The summed E-state index contributed by atoms with van der Waals surface area (Å²) in [7, 11) is 0. The zero-order chi connectivity index (χ0) is 15.4. The molecular formula is C16H21ClN4OS.